The van der Waals surface area contributed by atoms with Gasteiger partial charge in [0.05, 0.1) is 4.88 Å². The second-order valence-electron chi connectivity index (χ2n) is 7.26. The maximum Gasteiger partial charge on any atom is 0.263 e. The van der Waals surface area contributed by atoms with Gasteiger partial charge in [0.1, 0.15) is 0 Å². The molecule has 1 atom stereocenters. The first-order valence-corrected chi connectivity index (χ1v) is 10.1. The summed E-state index contributed by atoms with van der Waals surface area (Å²) in [6.45, 7) is 6.49. The number of nitrogens with zero attached hydrogens (tertiary/aromatic N) is 1. The second kappa shape index (κ2) is 7.68. The Hall–Kier alpha value is -1.36. The predicted octanol–water partition coefficient (Wildman–Crippen LogP) is 3.25. The van der Waals surface area contributed by atoms with Gasteiger partial charge < -0.3 is 10.2 Å². The summed E-state index contributed by atoms with van der Waals surface area (Å²) in [4.78, 5) is 29.1. The number of thiophene rings is 1. The fourth-order valence-corrected chi connectivity index (χ4v) is 4.88. The van der Waals surface area contributed by atoms with Crippen molar-refractivity contribution in [1.29, 1.82) is 0 Å². The summed E-state index contributed by atoms with van der Waals surface area (Å²) in [6, 6.07) is 2.12. The van der Waals surface area contributed by atoms with E-state index in [-0.39, 0.29) is 17.7 Å². The topological polar surface area (TPSA) is 49.4 Å². The van der Waals surface area contributed by atoms with Crippen LogP contribution in [0.3, 0.4) is 0 Å². The van der Waals surface area contributed by atoms with Crippen LogP contribution < -0.4 is 5.32 Å². The van der Waals surface area contributed by atoms with Gasteiger partial charge in [0.25, 0.3) is 5.91 Å². The van der Waals surface area contributed by atoms with Gasteiger partial charge in [-0.05, 0) is 56.1 Å². The fraction of sp³-hybridized carbons (Fsp3) is 0.684. The lowest BCUT2D eigenvalue weighted by Crippen LogP contribution is -2.43. The molecule has 1 N–H and O–H groups in total. The molecule has 0 radical (unpaired) electrons. The Morgan fingerprint density at radius 2 is 2.04 bits per heavy atom. The van der Waals surface area contributed by atoms with Gasteiger partial charge in [-0.15, -0.1) is 11.3 Å². The van der Waals surface area contributed by atoms with Gasteiger partial charge in [0.15, 0.2) is 0 Å². The number of nitrogens with one attached hydrogen (secondary N) is 1. The second-order valence-corrected chi connectivity index (χ2v) is 8.40. The van der Waals surface area contributed by atoms with Crippen LogP contribution in [0.5, 0.6) is 0 Å². The van der Waals surface area contributed by atoms with Crippen LogP contribution in [-0.2, 0) is 17.6 Å². The summed E-state index contributed by atoms with van der Waals surface area (Å²) in [5.74, 6) is 1.12. The van der Waals surface area contributed by atoms with E-state index in [0.717, 1.165) is 49.4 Å². The number of hydrogen-bond acceptors (Lipinski definition) is 3. The van der Waals surface area contributed by atoms with E-state index >= 15 is 0 Å². The van der Waals surface area contributed by atoms with Crippen LogP contribution in [0.15, 0.2) is 6.07 Å². The number of rotatable bonds is 4. The minimum Gasteiger partial charge on any atom is -0.356 e. The van der Waals surface area contributed by atoms with Gasteiger partial charge in [0.2, 0.25) is 5.91 Å². The summed E-state index contributed by atoms with van der Waals surface area (Å²) in [6.07, 6.45) is 5.99. The highest BCUT2D eigenvalue weighted by Gasteiger charge is 2.29. The van der Waals surface area contributed by atoms with Crippen LogP contribution in [0.4, 0.5) is 0 Å². The number of carbonyl (C=O) groups excluding carboxylic acids is 2. The molecular weight excluding hydrogens is 320 g/mol. The molecule has 5 heteroatoms. The molecule has 0 bridgehead atoms. The van der Waals surface area contributed by atoms with E-state index < -0.39 is 0 Å². The first kappa shape index (κ1) is 17.5. The van der Waals surface area contributed by atoms with Crippen molar-refractivity contribution < 1.29 is 9.59 Å². The van der Waals surface area contributed by atoms with Crippen LogP contribution in [0, 0.1) is 11.8 Å². The van der Waals surface area contributed by atoms with E-state index in [9.17, 15) is 9.59 Å². The Labute approximate surface area is 148 Å². The summed E-state index contributed by atoms with van der Waals surface area (Å²) in [7, 11) is 0. The molecule has 0 saturated carbocycles. The Morgan fingerprint density at radius 3 is 2.75 bits per heavy atom. The quantitative estimate of drug-likeness (QED) is 0.908. The molecule has 2 aliphatic rings. The van der Waals surface area contributed by atoms with Crippen LogP contribution >= 0.6 is 11.3 Å². The van der Waals surface area contributed by atoms with Crippen molar-refractivity contribution in [1.82, 2.24) is 10.2 Å². The molecule has 1 fully saturated rings. The SMILES string of the molecule is CCCNC(=O)C1CCN(C(=O)c2cc3c(s2)CC[C@@H](C)C3)CC1. The van der Waals surface area contributed by atoms with E-state index in [2.05, 4.69) is 25.2 Å². The van der Waals surface area contributed by atoms with Gasteiger partial charge in [0, 0.05) is 30.4 Å². The zero-order chi connectivity index (χ0) is 17.1. The average molecular weight is 349 g/mol. The highest BCUT2D eigenvalue weighted by Crippen LogP contribution is 2.33. The number of fused-ring (bicyclic) bond motifs is 1. The number of hydrogen-bond donors (Lipinski definition) is 1. The van der Waals surface area contributed by atoms with Crippen LogP contribution in [0.25, 0.3) is 0 Å². The number of amides is 2. The Bertz CT molecular complexity index is 603. The van der Waals surface area contributed by atoms with Crippen molar-refractivity contribution >= 4 is 23.2 Å². The van der Waals surface area contributed by atoms with Gasteiger partial charge in [-0.1, -0.05) is 13.8 Å². The Morgan fingerprint density at radius 1 is 1.29 bits per heavy atom. The van der Waals surface area contributed by atoms with Crippen molar-refractivity contribution in [2.75, 3.05) is 19.6 Å². The first-order chi connectivity index (χ1) is 11.6. The van der Waals surface area contributed by atoms with Crippen molar-refractivity contribution in [3.63, 3.8) is 0 Å². The molecule has 0 aromatic carbocycles. The summed E-state index contributed by atoms with van der Waals surface area (Å²) < 4.78 is 0. The Kier molecular flexibility index (Phi) is 5.59. The minimum absolute atomic E-state index is 0.0676. The molecule has 0 spiro atoms. The van der Waals surface area contributed by atoms with Crippen molar-refractivity contribution in [2.24, 2.45) is 11.8 Å². The molecule has 1 saturated heterocycles. The first-order valence-electron chi connectivity index (χ1n) is 9.27. The standard InChI is InChI=1S/C19H28N2O2S/c1-3-8-20-18(22)14-6-9-21(10-7-14)19(23)17-12-15-11-13(2)4-5-16(15)24-17/h12-14H,3-11H2,1-2H3,(H,20,22)/t13-/m1/s1. The number of aryl methyl sites for hydroxylation is 1. The molecule has 3 rings (SSSR count). The molecule has 2 amide bonds. The fourth-order valence-electron chi connectivity index (χ4n) is 3.70. The normalized spacial score (nSPS) is 21.4. The van der Waals surface area contributed by atoms with Gasteiger partial charge in [-0.2, -0.15) is 0 Å². The molecule has 1 aliphatic heterocycles. The van der Waals surface area contributed by atoms with E-state index in [1.54, 1.807) is 11.3 Å². The maximum absolute atomic E-state index is 12.8. The largest absolute Gasteiger partial charge is 0.356 e. The third-order valence-electron chi connectivity index (χ3n) is 5.24. The summed E-state index contributed by atoms with van der Waals surface area (Å²) in [5.41, 5.74) is 1.39. The molecule has 0 unspecified atom stereocenters. The minimum atomic E-state index is 0.0676. The van der Waals surface area contributed by atoms with Crippen LogP contribution in [0.1, 0.15) is 59.6 Å². The van der Waals surface area contributed by atoms with Gasteiger partial charge in [-0.25, -0.2) is 0 Å². The highest BCUT2D eigenvalue weighted by atomic mass is 32.1. The van der Waals surface area contributed by atoms with Crippen molar-refractivity contribution in [2.45, 2.75) is 52.4 Å². The van der Waals surface area contributed by atoms with Crippen molar-refractivity contribution in [3.05, 3.63) is 21.4 Å². The lowest BCUT2D eigenvalue weighted by atomic mass is 9.90. The summed E-state index contributed by atoms with van der Waals surface area (Å²) in [5, 5.41) is 2.97. The lowest BCUT2D eigenvalue weighted by Gasteiger charge is -2.31. The van der Waals surface area contributed by atoms with Crippen LogP contribution in [0.2, 0.25) is 0 Å². The summed E-state index contributed by atoms with van der Waals surface area (Å²) >= 11 is 1.69. The molecule has 1 aliphatic carbocycles. The zero-order valence-electron chi connectivity index (χ0n) is 14.8. The molecule has 132 valence electrons. The molecule has 1 aromatic heterocycles. The number of piperidine rings is 1. The van der Waals surface area contributed by atoms with Crippen molar-refractivity contribution in [3.8, 4) is 0 Å². The lowest BCUT2D eigenvalue weighted by molar-refractivity contribution is -0.126. The van der Waals surface area contributed by atoms with Gasteiger partial charge in [-0.3, -0.25) is 9.59 Å². The zero-order valence-corrected chi connectivity index (χ0v) is 15.6. The van der Waals surface area contributed by atoms with E-state index in [1.807, 2.05) is 4.90 Å². The Balaban J connectivity index is 1.57. The average Bonchev–Trinajstić information content (AvgIpc) is 3.02. The van der Waals surface area contributed by atoms with E-state index in [0.29, 0.717) is 13.1 Å². The van der Waals surface area contributed by atoms with Gasteiger partial charge >= 0.3 is 0 Å². The molecule has 1 aromatic rings. The number of carbonyl (C=O) groups is 2. The molecule has 24 heavy (non-hydrogen) atoms. The maximum atomic E-state index is 12.8. The van der Waals surface area contributed by atoms with Crippen LogP contribution in [-0.4, -0.2) is 36.3 Å². The van der Waals surface area contributed by atoms with E-state index in [1.165, 1.54) is 16.9 Å². The van der Waals surface area contributed by atoms with E-state index in [4.69, 9.17) is 0 Å². The molecule has 2 heterocycles. The monoisotopic (exact) mass is 348 g/mol. The molecular formula is C19H28N2O2S. The molecule has 4 nitrogen and oxygen atoms in total. The highest BCUT2D eigenvalue weighted by molar-refractivity contribution is 7.14. The third kappa shape index (κ3) is 3.82. The third-order valence-corrected chi connectivity index (χ3v) is 6.47. The smallest absolute Gasteiger partial charge is 0.263 e. The number of likely N-dealkylation sites (tertiary alicyclic amines) is 1. The predicted molar refractivity (Wildman–Crippen MR) is 97.4 cm³/mol.